The van der Waals surface area contributed by atoms with Crippen molar-refractivity contribution in [2.75, 3.05) is 6.61 Å². The number of hydrogen-bond acceptors (Lipinski definition) is 4. The molecule has 0 saturated heterocycles. The van der Waals surface area contributed by atoms with Crippen molar-refractivity contribution in [3.05, 3.63) is 35.9 Å². The first-order valence-electron chi connectivity index (χ1n) is 4.32. The Morgan fingerprint density at radius 1 is 1.29 bits per heavy atom. The maximum atomic E-state index is 8.58. The van der Waals surface area contributed by atoms with Crippen LogP contribution in [0, 0.1) is 0 Å². The van der Waals surface area contributed by atoms with Gasteiger partial charge in [0, 0.05) is 12.2 Å². The van der Waals surface area contributed by atoms with Gasteiger partial charge in [0.15, 0.2) is 6.29 Å². The summed E-state index contributed by atoms with van der Waals surface area (Å²) in [6.45, 7) is 2.52. The maximum Gasteiger partial charge on any atom is 0.301 e. The average molecular weight is 216 g/mol. The molecule has 5 heteroatoms. The highest BCUT2D eigenvalue weighted by atomic mass is 28.2. The molecule has 4 nitrogen and oxygen atoms in total. The monoisotopic (exact) mass is 216 g/mol. The Labute approximate surface area is 85.8 Å². The van der Waals surface area contributed by atoms with Crippen molar-refractivity contribution in [1.82, 2.24) is 0 Å². The largest absolute Gasteiger partial charge is 0.415 e. The molecule has 80 valence electrons. The minimum Gasteiger partial charge on any atom is -0.415 e. The standard InChI is InChI=1S/C7H8O2.C2H8O2Si/c8-7(9)6-4-2-1-3-5-6;1-2-4-5-3/h1-5,7-9H;3H,2,5H2,1H3. The summed E-state index contributed by atoms with van der Waals surface area (Å²) < 4.78 is 4.53. The van der Waals surface area contributed by atoms with Gasteiger partial charge in [-0.1, -0.05) is 30.3 Å². The minimum absolute atomic E-state index is 0.525. The van der Waals surface area contributed by atoms with E-state index in [9.17, 15) is 0 Å². The third-order valence-electron chi connectivity index (χ3n) is 1.39. The van der Waals surface area contributed by atoms with Crippen LogP contribution in [0.25, 0.3) is 0 Å². The van der Waals surface area contributed by atoms with Crippen LogP contribution in [0.2, 0.25) is 0 Å². The molecule has 0 fully saturated rings. The SMILES string of the molecule is CCO[SiH2]O.OC(O)c1ccccc1. The predicted octanol–water partition coefficient (Wildman–Crippen LogP) is -0.316. The Kier molecular flexibility index (Phi) is 8.40. The van der Waals surface area contributed by atoms with Gasteiger partial charge in [-0.15, -0.1) is 0 Å². The lowest BCUT2D eigenvalue weighted by atomic mass is 10.2. The third-order valence-corrected chi connectivity index (χ3v) is 1.98. The van der Waals surface area contributed by atoms with Crippen molar-refractivity contribution in [3.8, 4) is 0 Å². The quantitative estimate of drug-likeness (QED) is 0.478. The van der Waals surface area contributed by atoms with Crippen LogP contribution >= 0.6 is 0 Å². The van der Waals surface area contributed by atoms with E-state index in [2.05, 4.69) is 4.43 Å². The fraction of sp³-hybridized carbons (Fsp3) is 0.333. The van der Waals surface area contributed by atoms with Crippen molar-refractivity contribution < 1.29 is 19.4 Å². The van der Waals surface area contributed by atoms with E-state index in [-0.39, 0.29) is 0 Å². The first kappa shape index (κ1) is 13.3. The fourth-order valence-corrected chi connectivity index (χ4v) is 0.899. The molecule has 3 N–H and O–H groups in total. The summed E-state index contributed by atoms with van der Waals surface area (Å²) in [6.07, 6.45) is -1.34. The molecule has 0 radical (unpaired) electrons. The van der Waals surface area contributed by atoms with Crippen LogP contribution in [-0.4, -0.2) is 31.6 Å². The second kappa shape index (κ2) is 8.86. The van der Waals surface area contributed by atoms with Crippen LogP contribution in [0.3, 0.4) is 0 Å². The molecular weight excluding hydrogens is 200 g/mol. The topological polar surface area (TPSA) is 69.9 Å². The van der Waals surface area contributed by atoms with Gasteiger partial charge in [-0.05, 0) is 6.92 Å². The van der Waals surface area contributed by atoms with Gasteiger partial charge in [-0.2, -0.15) is 0 Å². The van der Waals surface area contributed by atoms with Crippen molar-refractivity contribution >= 4 is 10.0 Å². The first-order chi connectivity index (χ1) is 6.72. The average Bonchev–Trinajstić information content (AvgIpc) is 2.21. The Morgan fingerprint density at radius 3 is 2.07 bits per heavy atom. The summed E-state index contributed by atoms with van der Waals surface area (Å²) in [7, 11) is -1.09. The van der Waals surface area contributed by atoms with Crippen molar-refractivity contribution in [1.29, 1.82) is 0 Å². The molecule has 0 unspecified atom stereocenters. The number of rotatable bonds is 3. The summed E-state index contributed by atoms with van der Waals surface area (Å²) in [6, 6.07) is 8.66. The summed E-state index contributed by atoms with van der Waals surface area (Å²) >= 11 is 0. The van der Waals surface area contributed by atoms with Crippen molar-refractivity contribution in [2.24, 2.45) is 0 Å². The molecule has 0 aliphatic heterocycles. The number of hydrogen-bond donors (Lipinski definition) is 3. The lowest BCUT2D eigenvalue weighted by molar-refractivity contribution is -0.0424. The van der Waals surface area contributed by atoms with Crippen LogP contribution < -0.4 is 0 Å². The van der Waals surface area contributed by atoms with E-state index in [1.54, 1.807) is 24.3 Å². The predicted molar refractivity (Wildman–Crippen MR) is 56.0 cm³/mol. The minimum atomic E-state index is -1.34. The summed E-state index contributed by atoms with van der Waals surface area (Å²) in [5.41, 5.74) is 0.525. The Bertz CT molecular complexity index is 213. The zero-order valence-electron chi connectivity index (χ0n) is 8.13. The van der Waals surface area contributed by atoms with Gasteiger partial charge in [0.25, 0.3) is 0 Å². The van der Waals surface area contributed by atoms with Crippen LogP contribution in [0.4, 0.5) is 0 Å². The molecule has 0 spiro atoms. The van der Waals surface area contributed by atoms with E-state index in [4.69, 9.17) is 15.0 Å². The Morgan fingerprint density at radius 2 is 1.86 bits per heavy atom. The van der Waals surface area contributed by atoms with Gasteiger partial charge < -0.3 is 19.4 Å². The normalized spacial score (nSPS) is 10.4. The molecule has 0 heterocycles. The Balaban J connectivity index is 0.000000292. The lowest BCUT2D eigenvalue weighted by Crippen LogP contribution is -1.93. The van der Waals surface area contributed by atoms with E-state index in [0.717, 1.165) is 0 Å². The molecule has 0 saturated carbocycles. The van der Waals surface area contributed by atoms with Gasteiger partial charge in [-0.25, -0.2) is 0 Å². The second-order valence-corrected chi connectivity index (χ2v) is 3.07. The highest BCUT2D eigenvalue weighted by Gasteiger charge is 1.97. The molecule has 14 heavy (non-hydrogen) atoms. The molecule has 1 aromatic rings. The molecule has 0 aliphatic rings. The molecule has 0 atom stereocenters. The molecule has 0 aromatic heterocycles. The van der Waals surface area contributed by atoms with E-state index in [0.29, 0.717) is 12.2 Å². The Hall–Kier alpha value is -0.723. The highest BCUT2D eigenvalue weighted by molar-refractivity contribution is 6.15. The second-order valence-electron chi connectivity index (χ2n) is 2.41. The molecule has 0 bridgehead atoms. The number of aliphatic hydroxyl groups excluding tert-OH is 1. The van der Waals surface area contributed by atoms with Crippen molar-refractivity contribution in [2.45, 2.75) is 13.2 Å². The summed E-state index contributed by atoms with van der Waals surface area (Å²) in [5.74, 6) is 0. The maximum absolute atomic E-state index is 8.58. The van der Waals surface area contributed by atoms with E-state index < -0.39 is 16.3 Å². The smallest absolute Gasteiger partial charge is 0.301 e. The van der Waals surface area contributed by atoms with Crippen LogP contribution in [0.15, 0.2) is 30.3 Å². The summed E-state index contributed by atoms with van der Waals surface area (Å²) in [4.78, 5) is 7.98. The number of benzene rings is 1. The molecular formula is C9H16O4Si. The van der Waals surface area contributed by atoms with Crippen LogP contribution in [0.1, 0.15) is 18.8 Å². The van der Waals surface area contributed by atoms with Crippen LogP contribution in [-0.2, 0) is 4.43 Å². The van der Waals surface area contributed by atoms with Crippen LogP contribution in [0.5, 0.6) is 0 Å². The van der Waals surface area contributed by atoms with E-state index >= 15 is 0 Å². The lowest BCUT2D eigenvalue weighted by Gasteiger charge is -1.99. The number of aliphatic hydroxyl groups is 2. The highest BCUT2D eigenvalue weighted by Crippen LogP contribution is 2.06. The molecule has 1 rings (SSSR count). The van der Waals surface area contributed by atoms with E-state index in [1.165, 1.54) is 0 Å². The summed E-state index contributed by atoms with van der Waals surface area (Å²) in [5, 5.41) is 17.2. The van der Waals surface area contributed by atoms with Gasteiger partial charge in [0.05, 0.1) is 0 Å². The first-order valence-corrected chi connectivity index (χ1v) is 5.53. The van der Waals surface area contributed by atoms with Crippen molar-refractivity contribution in [3.63, 3.8) is 0 Å². The van der Waals surface area contributed by atoms with Gasteiger partial charge in [0.2, 0.25) is 0 Å². The zero-order valence-corrected chi connectivity index (χ0v) is 9.54. The molecule has 1 aromatic carbocycles. The third kappa shape index (κ3) is 6.76. The van der Waals surface area contributed by atoms with E-state index in [1.807, 2.05) is 13.0 Å². The zero-order chi connectivity index (χ0) is 10.8. The van der Waals surface area contributed by atoms with Gasteiger partial charge in [-0.3, -0.25) is 0 Å². The van der Waals surface area contributed by atoms with Gasteiger partial charge in [0.1, 0.15) is 0 Å². The molecule has 0 aliphatic carbocycles. The molecule has 0 amide bonds. The van der Waals surface area contributed by atoms with Gasteiger partial charge >= 0.3 is 10.0 Å². The fourth-order valence-electron chi connectivity index (χ4n) is 0.716.